The SMILES string of the molecule is O=C(NCCC1=CCNCC1)C(F)F. The van der Waals surface area contributed by atoms with E-state index in [4.69, 9.17) is 0 Å². The highest BCUT2D eigenvalue weighted by atomic mass is 19.3. The lowest BCUT2D eigenvalue weighted by Crippen LogP contribution is -2.31. The van der Waals surface area contributed by atoms with Crippen molar-refractivity contribution in [1.82, 2.24) is 10.6 Å². The fourth-order valence-corrected chi connectivity index (χ4v) is 1.32. The molecule has 0 bridgehead atoms. The van der Waals surface area contributed by atoms with Gasteiger partial charge < -0.3 is 10.6 Å². The van der Waals surface area contributed by atoms with Gasteiger partial charge in [0, 0.05) is 13.1 Å². The van der Waals surface area contributed by atoms with Crippen molar-refractivity contribution < 1.29 is 13.6 Å². The van der Waals surface area contributed by atoms with Gasteiger partial charge in [0.2, 0.25) is 0 Å². The van der Waals surface area contributed by atoms with Gasteiger partial charge in [0.25, 0.3) is 5.91 Å². The Bertz CT molecular complexity index is 229. The zero-order chi connectivity index (χ0) is 10.4. The van der Waals surface area contributed by atoms with Crippen LogP contribution in [0, 0.1) is 0 Å². The van der Waals surface area contributed by atoms with Gasteiger partial charge in [0.1, 0.15) is 0 Å². The number of amides is 1. The van der Waals surface area contributed by atoms with Crippen LogP contribution in [-0.4, -0.2) is 32.0 Å². The molecule has 3 nitrogen and oxygen atoms in total. The normalized spacial score (nSPS) is 16.6. The van der Waals surface area contributed by atoms with Crippen molar-refractivity contribution in [2.45, 2.75) is 19.3 Å². The highest BCUT2D eigenvalue weighted by Gasteiger charge is 2.13. The highest BCUT2D eigenvalue weighted by molar-refractivity contribution is 5.78. The van der Waals surface area contributed by atoms with Crippen LogP contribution in [0.5, 0.6) is 0 Å². The monoisotopic (exact) mass is 204 g/mol. The van der Waals surface area contributed by atoms with Crippen LogP contribution < -0.4 is 10.6 Å². The Kier molecular flexibility index (Phi) is 4.52. The van der Waals surface area contributed by atoms with Gasteiger partial charge in [-0.15, -0.1) is 0 Å². The van der Waals surface area contributed by atoms with Crippen molar-refractivity contribution in [2.24, 2.45) is 0 Å². The minimum atomic E-state index is -2.91. The summed E-state index contributed by atoms with van der Waals surface area (Å²) in [6, 6.07) is 0. The molecule has 0 aliphatic carbocycles. The molecule has 1 amide bonds. The molecule has 0 unspecified atom stereocenters. The molecule has 0 saturated carbocycles. The molecular weight excluding hydrogens is 190 g/mol. The lowest BCUT2D eigenvalue weighted by Gasteiger charge is -2.13. The lowest BCUT2D eigenvalue weighted by molar-refractivity contribution is -0.131. The zero-order valence-corrected chi connectivity index (χ0v) is 7.85. The van der Waals surface area contributed by atoms with E-state index >= 15 is 0 Å². The average Bonchev–Trinajstić information content (AvgIpc) is 2.19. The number of hydrogen-bond donors (Lipinski definition) is 2. The molecule has 2 N–H and O–H groups in total. The van der Waals surface area contributed by atoms with E-state index in [2.05, 4.69) is 10.6 Å². The fraction of sp³-hybridized carbons (Fsp3) is 0.667. The van der Waals surface area contributed by atoms with Crippen LogP contribution in [0.2, 0.25) is 0 Å². The van der Waals surface area contributed by atoms with Crippen molar-refractivity contribution in [3.63, 3.8) is 0 Å². The summed E-state index contributed by atoms with van der Waals surface area (Å²) in [5.41, 5.74) is 1.22. The van der Waals surface area contributed by atoms with Gasteiger partial charge in [-0.2, -0.15) is 8.78 Å². The van der Waals surface area contributed by atoms with E-state index in [0.29, 0.717) is 13.0 Å². The quantitative estimate of drug-likeness (QED) is 0.661. The number of halogens is 2. The molecule has 0 aromatic heterocycles. The van der Waals surface area contributed by atoms with E-state index in [1.54, 1.807) is 0 Å². The van der Waals surface area contributed by atoms with Crippen molar-refractivity contribution in [3.8, 4) is 0 Å². The van der Waals surface area contributed by atoms with Crippen molar-refractivity contribution in [3.05, 3.63) is 11.6 Å². The second kappa shape index (κ2) is 5.70. The van der Waals surface area contributed by atoms with E-state index in [1.165, 1.54) is 5.57 Å². The Labute approximate surface area is 81.6 Å². The van der Waals surface area contributed by atoms with Crippen molar-refractivity contribution >= 4 is 5.91 Å². The predicted octanol–water partition coefficient (Wildman–Crippen LogP) is 0.677. The standard InChI is InChI=1S/C9H14F2N2O/c10-8(11)9(14)13-6-3-7-1-4-12-5-2-7/h1,8,12H,2-6H2,(H,13,14). The van der Waals surface area contributed by atoms with Gasteiger partial charge >= 0.3 is 6.43 Å². The second-order valence-corrected chi connectivity index (χ2v) is 3.16. The number of carbonyl (C=O) groups excluding carboxylic acids is 1. The fourth-order valence-electron chi connectivity index (χ4n) is 1.32. The molecular formula is C9H14F2N2O. The summed E-state index contributed by atoms with van der Waals surface area (Å²) in [6.45, 7) is 2.06. The van der Waals surface area contributed by atoms with Gasteiger partial charge in [-0.25, -0.2) is 0 Å². The molecule has 1 heterocycles. The first-order valence-corrected chi connectivity index (χ1v) is 4.64. The van der Waals surface area contributed by atoms with E-state index in [9.17, 15) is 13.6 Å². The van der Waals surface area contributed by atoms with Crippen LogP contribution in [0.1, 0.15) is 12.8 Å². The van der Waals surface area contributed by atoms with E-state index in [0.717, 1.165) is 19.5 Å². The van der Waals surface area contributed by atoms with Gasteiger partial charge in [-0.05, 0) is 19.4 Å². The molecule has 0 fully saturated rings. The molecule has 80 valence electrons. The van der Waals surface area contributed by atoms with Crippen LogP contribution in [0.15, 0.2) is 11.6 Å². The summed E-state index contributed by atoms with van der Waals surface area (Å²) in [6.07, 6.45) is 0.736. The minimum Gasteiger partial charge on any atom is -0.351 e. The lowest BCUT2D eigenvalue weighted by atomic mass is 10.1. The van der Waals surface area contributed by atoms with E-state index in [-0.39, 0.29) is 0 Å². The van der Waals surface area contributed by atoms with Crippen LogP contribution in [0.25, 0.3) is 0 Å². The largest absolute Gasteiger partial charge is 0.351 e. The number of rotatable bonds is 4. The third-order valence-corrected chi connectivity index (χ3v) is 2.10. The number of alkyl halides is 2. The molecule has 14 heavy (non-hydrogen) atoms. The van der Waals surface area contributed by atoms with Gasteiger partial charge in [-0.1, -0.05) is 11.6 Å². The first-order valence-electron chi connectivity index (χ1n) is 4.64. The molecule has 0 radical (unpaired) electrons. The summed E-state index contributed by atoms with van der Waals surface area (Å²) in [5, 5.41) is 5.33. The molecule has 1 aliphatic heterocycles. The Balaban J connectivity index is 2.14. The topological polar surface area (TPSA) is 41.1 Å². The maximum absolute atomic E-state index is 11.8. The number of hydrogen-bond acceptors (Lipinski definition) is 2. The van der Waals surface area contributed by atoms with E-state index < -0.39 is 12.3 Å². The third kappa shape index (κ3) is 3.83. The Morgan fingerprint density at radius 3 is 3.00 bits per heavy atom. The molecule has 0 aromatic carbocycles. The summed E-state index contributed by atoms with van der Waals surface area (Å²) in [7, 11) is 0. The Morgan fingerprint density at radius 2 is 2.43 bits per heavy atom. The Morgan fingerprint density at radius 1 is 1.64 bits per heavy atom. The third-order valence-electron chi connectivity index (χ3n) is 2.10. The molecule has 0 aromatic rings. The summed E-state index contributed by atoms with van der Waals surface area (Å²) in [5.74, 6) is -1.18. The second-order valence-electron chi connectivity index (χ2n) is 3.16. The molecule has 0 spiro atoms. The molecule has 5 heteroatoms. The van der Waals surface area contributed by atoms with E-state index in [1.807, 2.05) is 6.08 Å². The first-order chi connectivity index (χ1) is 6.70. The number of nitrogens with one attached hydrogen (secondary N) is 2. The average molecular weight is 204 g/mol. The summed E-state index contributed by atoms with van der Waals surface area (Å²) < 4.78 is 23.5. The minimum absolute atomic E-state index is 0.301. The van der Waals surface area contributed by atoms with Gasteiger partial charge in [0.05, 0.1) is 0 Å². The van der Waals surface area contributed by atoms with Crippen molar-refractivity contribution in [1.29, 1.82) is 0 Å². The Hall–Kier alpha value is -0.970. The molecule has 0 saturated heterocycles. The van der Waals surface area contributed by atoms with Crippen LogP contribution in [0.3, 0.4) is 0 Å². The molecule has 0 atom stereocenters. The zero-order valence-electron chi connectivity index (χ0n) is 7.85. The van der Waals surface area contributed by atoms with Crippen LogP contribution in [-0.2, 0) is 4.79 Å². The highest BCUT2D eigenvalue weighted by Crippen LogP contribution is 2.07. The van der Waals surface area contributed by atoms with Crippen LogP contribution >= 0.6 is 0 Å². The first kappa shape index (κ1) is 11.1. The van der Waals surface area contributed by atoms with Crippen molar-refractivity contribution in [2.75, 3.05) is 19.6 Å². The maximum atomic E-state index is 11.8. The van der Waals surface area contributed by atoms with Gasteiger partial charge in [-0.3, -0.25) is 4.79 Å². The molecule has 1 rings (SSSR count). The summed E-state index contributed by atoms with van der Waals surface area (Å²) >= 11 is 0. The predicted molar refractivity (Wildman–Crippen MR) is 49.2 cm³/mol. The van der Waals surface area contributed by atoms with Crippen LogP contribution in [0.4, 0.5) is 8.78 Å². The maximum Gasteiger partial charge on any atom is 0.315 e. The smallest absolute Gasteiger partial charge is 0.315 e. The van der Waals surface area contributed by atoms with Gasteiger partial charge in [0.15, 0.2) is 0 Å². The summed E-state index contributed by atoms with van der Waals surface area (Å²) in [4.78, 5) is 10.5. The molecule has 1 aliphatic rings. The number of carbonyl (C=O) groups is 1.